The van der Waals surface area contributed by atoms with Gasteiger partial charge in [0.15, 0.2) is 0 Å². The largest absolute Gasteiger partial charge is 0.314 e. The van der Waals surface area contributed by atoms with Crippen LogP contribution < -0.4 is 0 Å². The van der Waals surface area contributed by atoms with E-state index in [2.05, 4.69) is 56.0 Å². The van der Waals surface area contributed by atoms with Crippen molar-refractivity contribution in [2.24, 2.45) is 0 Å². The van der Waals surface area contributed by atoms with Crippen LogP contribution in [0, 0.1) is 6.57 Å². The molecule has 0 bridgehead atoms. The topological polar surface area (TPSA) is 29.3 Å². The zero-order valence-electron chi connectivity index (χ0n) is 20.7. The van der Waals surface area contributed by atoms with Crippen molar-refractivity contribution in [3.63, 3.8) is 0 Å². The lowest BCUT2D eigenvalue weighted by atomic mass is 9.88. The van der Waals surface area contributed by atoms with Crippen molar-refractivity contribution < 1.29 is 9.05 Å². The molecule has 1 aliphatic rings. The number of hydrogen-bond donors (Lipinski definition) is 0. The first-order valence-corrected chi connectivity index (χ1v) is 13.5. The summed E-state index contributed by atoms with van der Waals surface area (Å²) in [5.74, 6) is 0. The Morgan fingerprint density at radius 1 is 1.07 bits per heavy atom. The second-order valence-corrected chi connectivity index (χ2v) is 10.7. The van der Waals surface area contributed by atoms with E-state index in [0.717, 1.165) is 25.8 Å². The summed E-state index contributed by atoms with van der Waals surface area (Å²) in [6.45, 7) is 24.8. The van der Waals surface area contributed by atoms with Gasteiger partial charge in [-0.3, -0.25) is 0 Å². The van der Waals surface area contributed by atoms with E-state index < -0.39 is 8.53 Å². The van der Waals surface area contributed by atoms with Crippen LogP contribution >= 0.6 is 8.53 Å². The van der Waals surface area contributed by atoms with Crippen molar-refractivity contribution in [2.75, 3.05) is 32.8 Å². The van der Waals surface area contributed by atoms with Crippen LogP contribution in [-0.2, 0) is 9.05 Å². The van der Waals surface area contributed by atoms with Gasteiger partial charge in [-0.2, -0.15) is 0 Å². The van der Waals surface area contributed by atoms with Crippen LogP contribution in [0.4, 0.5) is 0 Å². The van der Waals surface area contributed by atoms with Crippen LogP contribution in [0.15, 0.2) is 0 Å². The molecule has 1 rings (SSSR count). The number of unbranched alkanes of at least 4 members (excludes halogenated alkanes) is 4. The maximum Gasteiger partial charge on any atom is 0.260 e. The molecule has 0 N–H and O–H groups in total. The number of rotatable bonds is 16. The second-order valence-electron chi connectivity index (χ2n) is 9.34. The lowest BCUT2D eigenvalue weighted by Gasteiger charge is -2.46. The average molecular weight is 442 g/mol. The quantitative estimate of drug-likeness (QED) is 0.148. The molecule has 0 saturated carbocycles. The molecule has 1 heterocycles. The lowest BCUT2D eigenvalue weighted by Crippen LogP contribution is -2.50. The van der Waals surface area contributed by atoms with Crippen molar-refractivity contribution >= 4 is 8.53 Å². The van der Waals surface area contributed by atoms with Crippen molar-refractivity contribution in [3.8, 4) is 0 Å². The van der Waals surface area contributed by atoms with Gasteiger partial charge in [-0.05, 0) is 66.5 Å². The summed E-state index contributed by atoms with van der Waals surface area (Å²) < 4.78 is 15.6. The van der Waals surface area contributed by atoms with Crippen LogP contribution in [0.1, 0.15) is 99.3 Å². The lowest BCUT2D eigenvalue weighted by molar-refractivity contribution is -0.0275. The molecule has 0 aromatic rings. The molecule has 5 nitrogen and oxygen atoms in total. The maximum absolute atomic E-state index is 7.10. The summed E-state index contributed by atoms with van der Waals surface area (Å²) in [6.07, 6.45) is 11.2. The van der Waals surface area contributed by atoms with Gasteiger partial charge in [0.1, 0.15) is 6.61 Å². The third kappa shape index (κ3) is 9.92. The van der Waals surface area contributed by atoms with Crippen molar-refractivity contribution in [2.45, 2.75) is 117 Å². The zero-order chi connectivity index (χ0) is 22.4. The molecule has 0 spiro atoms. The van der Waals surface area contributed by atoms with Crippen molar-refractivity contribution in [1.29, 1.82) is 0 Å². The molecule has 0 amide bonds. The van der Waals surface area contributed by atoms with E-state index in [9.17, 15) is 0 Å². The van der Waals surface area contributed by atoms with E-state index >= 15 is 0 Å². The van der Waals surface area contributed by atoms with Gasteiger partial charge in [0.25, 0.3) is 8.53 Å². The first-order valence-electron chi connectivity index (χ1n) is 12.3. The average Bonchev–Trinajstić information content (AvgIpc) is 2.68. The van der Waals surface area contributed by atoms with Gasteiger partial charge in [-0.15, -0.1) is 0 Å². The van der Waals surface area contributed by atoms with Gasteiger partial charge in [0, 0.05) is 18.6 Å². The molecule has 0 radical (unpaired) electrons. The maximum atomic E-state index is 7.10. The molecule has 0 aromatic carbocycles. The molecule has 2 atom stereocenters. The fourth-order valence-electron chi connectivity index (χ4n) is 4.54. The summed E-state index contributed by atoms with van der Waals surface area (Å²) in [5.41, 5.74) is -0.123. The molecule has 1 aliphatic heterocycles. The van der Waals surface area contributed by atoms with Gasteiger partial charge in [-0.25, -0.2) is 11.2 Å². The van der Waals surface area contributed by atoms with Crippen molar-refractivity contribution in [3.05, 3.63) is 11.4 Å². The Labute approximate surface area is 188 Å². The highest BCUT2D eigenvalue weighted by Crippen LogP contribution is 2.51. The van der Waals surface area contributed by atoms with Crippen LogP contribution in [0.5, 0.6) is 0 Å². The van der Waals surface area contributed by atoms with Crippen LogP contribution in [0.2, 0.25) is 0 Å². The Bertz CT molecular complexity index is 472. The van der Waals surface area contributed by atoms with Gasteiger partial charge in [0.05, 0.1) is 5.60 Å². The molecule has 6 heteroatoms. The molecular formula is C24H48N3O2P. The Balaban J connectivity index is 2.86. The highest BCUT2D eigenvalue weighted by molar-refractivity contribution is 7.44. The van der Waals surface area contributed by atoms with Crippen molar-refractivity contribution in [1.82, 2.24) is 9.57 Å². The van der Waals surface area contributed by atoms with Crippen LogP contribution in [0.25, 0.3) is 4.85 Å². The first kappa shape index (κ1) is 27.8. The minimum absolute atomic E-state index is 0.123. The monoisotopic (exact) mass is 441 g/mol. The first-order chi connectivity index (χ1) is 14.4. The fraction of sp³-hybridized carbons (Fsp3) is 0.958. The standard InChI is InChI=1S/C24H48N3O2P/c1-8-10-11-12-13-18-26-19-14-16-24(21-26,15-9-2)29-30(28-20-17-25-7)27(22(3)4)23(5)6/h22-23H,8-21H2,1-6H3. The minimum atomic E-state index is -1.17. The molecule has 1 saturated heterocycles. The fourth-order valence-corrected chi connectivity index (χ4v) is 6.39. The normalized spacial score (nSPS) is 21.5. The van der Waals surface area contributed by atoms with E-state index in [1.807, 2.05) is 0 Å². The highest BCUT2D eigenvalue weighted by atomic mass is 31.2. The minimum Gasteiger partial charge on any atom is -0.314 e. The van der Waals surface area contributed by atoms with Gasteiger partial charge in [-0.1, -0.05) is 46.0 Å². The summed E-state index contributed by atoms with van der Waals surface area (Å²) in [5, 5.41) is 0. The Morgan fingerprint density at radius 3 is 2.37 bits per heavy atom. The predicted octanol–water partition coefficient (Wildman–Crippen LogP) is 6.89. The van der Waals surface area contributed by atoms with E-state index in [1.54, 1.807) is 0 Å². The number of nitrogens with zero attached hydrogens (tertiary/aromatic N) is 3. The summed E-state index contributed by atoms with van der Waals surface area (Å²) >= 11 is 0. The number of likely N-dealkylation sites (tertiary alicyclic amines) is 1. The Hall–Kier alpha value is -0.240. The van der Waals surface area contributed by atoms with E-state index in [1.165, 1.54) is 51.6 Å². The van der Waals surface area contributed by atoms with Gasteiger partial charge >= 0.3 is 0 Å². The summed E-state index contributed by atoms with van der Waals surface area (Å²) in [7, 11) is -1.17. The van der Waals surface area contributed by atoms with E-state index in [4.69, 9.17) is 15.6 Å². The second kappa shape index (κ2) is 15.5. The van der Waals surface area contributed by atoms with E-state index in [0.29, 0.717) is 25.2 Å². The number of hydrogen-bond acceptors (Lipinski definition) is 4. The van der Waals surface area contributed by atoms with Crippen LogP contribution in [0.3, 0.4) is 0 Å². The van der Waals surface area contributed by atoms with Gasteiger partial charge < -0.3 is 18.8 Å². The summed E-state index contributed by atoms with van der Waals surface area (Å²) in [6, 6.07) is 0.696. The molecule has 0 aliphatic carbocycles. The Kier molecular flexibility index (Phi) is 14.4. The van der Waals surface area contributed by atoms with Crippen LogP contribution in [-0.4, -0.2) is 60.0 Å². The smallest absolute Gasteiger partial charge is 0.260 e. The molecule has 30 heavy (non-hydrogen) atoms. The molecule has 2 unspecified atom stereocenters. The predicted molar refractivity (Wildman–Crippen MR) is 130 cm³/mol. The van der Waals surface area contributed by atoms with Gasteiger partial charge in [0.2, 0.25) is 6.54 Å². The third-order valence-electron chi connectivity index (χ3n) is 5.83. The Morgan fingerprint density at radius 2 is 1.77 bits per heavy atom. The van der Waals surface area contributed by atoms with E-state index in [-0.39, 0.29) is 5.60 Å². The number of piperidine rings is 1. The third-order valence-corrected chi connectivity index (χ3v) is 8.07. The highest BCUT2D eigenvalue weighted by Gasteiger charge is 2.41. The SMILES string of the molecule is [C-]#[N+]CCOP(OC1(CCC)CCCN(CCCCCCC)C1)N(C(C)C)C(C)C. The molecular weight excluding hydrogens is 393 g/mol. The zero-order valence-corrected chi connectivity index (χ0v) is 21.6. The molecule has 176 valence electrons. The summed E-state index contributed by atoms with van der Waals surface area (Å²) in [4.78, 5) is 6.11. The molecule has 0 aromatic heterocycles. The molecule has 1 fully saturated rings.